The Kier molecular flexibility index (Phi) is 11.0. The molecule has 0 spiro atoms. The summed E-state index contributed by atoms with van der Waals surface area (Å²) in [5.41, 5.74) is 11.0. The van der Waals surface area contributed by atoms with Crippen molar-refractivity contribution in [3.05, 3.63) is 167 Å². The third kappa shape index (κ3) is 7.88. The Morgan fingerprint density at radius 2 is 1.19 bits per heavy atom. The van der Waals surface area contributed by atoms with E-state index in [-0.39, 0.29) is 24.9 Å². The number of nitrogens with one attached hydrogen (secondary N) is 1. The first-order valence-corrected chi connectivity index (χ1v) is 18.0. The normalized spacial score (nSPS) is 13.0. The number of nitrogens with zero attached hydrogens (tertiary/aromatic N) is 5. The van der Waals surface area contributed by atoms with E-state index in [2.05, 4.69) is 45.6 Å². The molecule has 8 rings (SSSR count). The van der Waals surface area contributed by atoms with Crippen molar-refractivity contribution in [1.29, 1.82) is 10.5 Å². The molecule has 0 aromatic heterocycles. The second kappa shape index (κ2) is 16.7. The molecule has 0 fully saturated rings. The Morgan fingerprint density at radius 3 is 1.86 bits per heavy atom. The molecule has 0 radical (unpaired) electrons. The largest absolute Gasteiger partial charge is 0.496 e. The van der Waals surface area contributed by atoms with E-state index in [1.165, 1.54) is 0 Å². The quantitative estimate of drug-likeness (QED) is 0.183. The van der Waals surface area contributed by atoms with Gasteiger partial charge in [-0.15, -0.1) is 0 Å². The maximum Gasteiger partial charge on any atom is 0.248 e. The summed E-state index contributed by atoms with van der Waals surface area (Å²) in [4.78, 5) is 35.5. The molecule has 0 saturated carbocycles. The number of likely N-dealkylation sites (N-methyl/N-ethyl adjacent to an activating group) is 1. The van der Waals surface area contributed by atoms with Gasteiger partial charge in [-0.1, -0.05) is 78.9 Å². The monoisotopic (exact) mass is 748 g/mol. The lowest BCUT2D eigenvalue weighted by Gasteiger charge is -2.19. The molecule has 2 heterocycles. The van der Waals surface area contributed by atoms with Crippen LogP contribution >= 0.6 is 0 Å². The van der Waals surface area contributed by atoms with Gasteiger partial charge in [-0.2, -0.15) is 10.5 Å². The molecule has 0 unspecified atom stereocenters. The summed E-state index contributed by atoms with van der Waals surface area (Å²) in [6.07, 6.45) is 0. The number of methoxy groups -OCH3 is 2. The molecule has 1 N–H and O–H groups in total. The van der Waals surface area contributed by atoms with Crippen LogP contribution in [0.15, 0.2) is 143 Å². The maximum absolute atomic E-state index is 12.4. The van der Waals surface area contributed by atoms with Crippen molar-refractivity contribution in [3.8, 4) is 45.9 Å². The van der Waals surface area contributed by atoms with Gasteiger partial charge in [-0.3, -0.25) is 19.6 Å². The number of benzodiazepines with no additional fused rings is 2. The van der Waals surface area contributed by atoms with Crippen molar-refractivity contribution in [3.63, 3.8) is 0 Å². The van der Waals surface area contributed by atoms with Crippen LogP contribution in [-0.4, -0.2) is 57.6 Å². The highest BCUT2D eigenvalue weighted by atomic mass is 16.5. The number of carbonyl (C=O) groups excluding carboxylic acids is 2. The summed E-state index contributed by atoms with van der Waals surface area (Å²) in [5, 5.41) is 21.4. The van der Waals surface area contributed by atoms with Crippen LogP contribution in [0.5, 0.6) is 11.5 Å². The highest BCUT2D eigenvalue weighted by Gasteiger charge is 2.25. The van der Waals surface area contributed by atoms with Crippen molar-refractivity contribution >= 4 is 34.6 Å². The van der Waals surface area contributed by atoms with Gasteiger partial charge in [0.25, 0.3) is 0 Å². The number of rotatable bonds is 6. The van der Waals surface area contributed by atoms with Crippen LogP contribution in [0.3, 0.4) is 0 Å². The number of fused-ring (bicyclic) bond motifs is 2. The first-order chi connectivity index (χ1) is 27.8. The molecule has 10 nitrogen and oxygen atoms in total. The van der Waals surface area contributed by atoms with Gasteiger partial charge in [0.15, 0.2) is 0 Å². The van der Waals surface area contributed by atoms with Crippen LogP contribution in [0.1, 0.15) is 33.4 Å². The fourth-order valence-electron chi connectivity index (χ4n) is 6.82. The van der Waals surface area contributed by atoms with E-state index in [0.717, 1.165) is 55.9 Å². The molecule has 2 aliphatic heterocycles. The van der Waals surface area contributed by atoms with Crippen LogP contribution < -0.4 is 19.7 Å². The van der Waals surface area contributed by atoms with Gasteiger partial charge in [0.2, 0.25) is 11.8 Å². The second-order valence-corrected chi connectivity index (χ2v) is 13.1. The Morgan fingerprint density at radius 1 is 0.579 bits per heavy atom. The lowest BCUT2D eigenvalue weighted by atomic mass is 9.94. The molecule has 6 aromatic rings. The number of hydrogen-bond acceptors (Lipinski definition) is 8. The lowest BCUT2D eigenvalue weighted by Crippen LogP contribution is -2.27. The van der Waals surface area contributed by atoms with Crippen LogP contribution in [0.25, 0.3) is 22.3 Å². The fraction of sp³-hybridized carbons (Fsp3) is 0.106. The Labute approximate surface area is 330 Å². The number of carbonyl (C=O) groups is 2. The standard InChI is InChI=1S/C24H19N3O3.C23H17N3O/c1-29-21-9-4-3-8-17(21)18-11-19-20(12-22(18)30-2)27-23(28)14-26-24(19)16-7-5-6-15(10-16)13-25;1-26-21-11-10-18(17-7-3-2-4-8-17)13-20(21)23(25-15-22(26)27)19-9-5-6-16(12-19)14-24/h3-12H,14H2,1-2H3,(H,27,28);2-13H,15H2,1H3. The first kappa shape index (κ1) is 37.5. The van der Waals surface area contributed by atoms with Crippen molar-refractivity contribution in [2.24, 2.45) is 9.98 Å². The molecule has 0 bridgehead atoms. The van der Waals surface area contributed by atoms with E-state index < -0.39 is 0 Å². The van der Waals surface area contributed by atoms with Gasteiger partial charge in [-0.25, -0.2) is 0 Å². The van der Waals surface area contributed by atoms with Gasteiger partial charge in [0.05, 0.1) is 60.3 Å². The number of hydrogen-bond donors (Lipinski definition) is 1. The Balaban J connectivity index is 0.000000175. The summed E-state index contributed by atoms with van der Waals surface area (Å²) in [5.74, 6) is 1.04. The molecule has 6 aromatic carbocycles. The summed E-state index contributed by atoms with van der Waals surface area (Å²) in [6.45, 7) is 0.0745. The minimum atomic E-state index is -0.213. The van der Waals surface area contributed by atoms with Crippen LogP contribution in [0.2, 0.25) is 0 Å². The molecule has 57 heavy (non-hydrogen) atoms. The molecular formula is C47H36N6O4. The third-order valence-corrected chi connectivity index (χ3v) is 9.64. The predicted octanol–water partition coefficient (Wildman–Crippen LogP) is 8.07. The number of para-hydroxylation sites is 1. The summed E-state index contributed by atoms with van der Waals surface area (Å²) >= 11 is 0. The summed E-state index contributed by atoms with van der Waals surface area (Å²) in [6, 6.07) is 46.4. The van der Waals surface area contributed by atoms with Crippen LogP contribution in [0, 0.1) is 22.7 Å². The van der Waals surface area contributed by atoms with Gasteiger partial charge >= 0.3 is 0 Å². The van der Waals surface area contributed by atoms with Crippen LogP contribution in [0.4, 0.5) is 11.4 Å². The zero-order valence-corrected chi connectivity index (χ0v) is 31.5. The minimum absolute atomic E-state index is 0.00684. The van der Waals surface area contributed by atoms with Gasteiger partial charge in [0, 0.05) is 46.5 Å². The van der Waals surface area contributed by atoms with Crippen molar-refractivity contribution in [2.45, 2.75) is 0 Å². The Hall–Kier alpha value is -7.82. The number of ether oxygens (including phenoxy) is 2. The molecular weight excluding hydrogens is 713 g/mol. The van der Waals surface area contributed by atoms with E-state index in [1.807, 2.05) is 84.9 Å². The van der Waals surface area contributed by atoms with Crippen molar-refractivity contribution in [1.82, 2.24) is 0 Å². The topological polar surface area (TPSA) is 140 Å². The van der Waals surface area contributed by atoms with E-state index in [0.29, 0.717) is 34.0 Å². The SMILES string of the molecule is CN1C(=O)CN=C(c2cccc(C#N)c2)c2cc(-c3ccccc3)ccc21.COc1ccccc1-c1cc2c(cc1OC)NC(=O)CN=C2c1cccc(C#N)c1. The summed E-state index contributed by atoms with van der Waals surface area (Å²) in [7, 11) is 4.98. The van der Waals surface area contributed by atoms with Gasteiger partial charge in [0.1, 0.15) is 24.6 Å². The minimum Gasteiger partial charge on any atom is -0.496 e. The average molecular weight is 749 g/mol. The molecule has 2 aliphatic rings. The van der Waals surface area contributed by atoms with Crippen molar-refractivity contribution in [2.75, 3.05) is 44.6 Å². The zero-order chi connectivity index (χ0) is 39.9. The van der Waals surface area contributed by atoms with E-state index in [1.54, 1.807) is 56.5 Å². The number of benzene rings is 6. The number of aliphatic imine (C=N–C) groups is 2. The van der Waals surface area contributed by atoms with Gasteiger partial charge < -0.3 is 19.7 Å². The van der Waals surface area contributed by atoms with Gasteiger partial charge in [-0.05, 0) is 59.7 Å². The second-order valence-electron chi connectivity index (χ2n) is 13.1. The predicted molar refractivity (Wildman–Crippen MR) is 222 cm³/mol. The zero-order valence-electron chi connectivity index (χ0n) is 31.5. The first-order valence-electron chi connectivity index (χ1n) is 18.0. The number of amides is 2. The van der Waals surface area contributed by atoms with E-state index in [4.69, 9.17) is 9.47 Å². The molecule has 10 heteroatoms. The third-order valence-electron chi connectivity index (χ3n) is 9.64. The Bertz CT molecular complexity index is 2670. The molecule has 0 saturated heterocycles. The highest BCUT2D eigenvalue weighted by Crippen LogP contribution is 2.41. The smallest absolute Gasteiger partial charge is 0.248 e. The average Bonchev–Trinajstić information content (AvgIpc) is 3.50. The van der Waals surface area contributed by atoms with E-state index >= 15 is 0 Å². The highest BCUT2D eigenvalue weighted by molar-refractivity contribution is 6.21. The number of anilines is 2. The van der Waals surface area contributed by atoms with Crippen molar-refractivity contribution < 1.29 is 19.1 Å². The van der Waals surface area contributed by atoms with Crippen LogP contribution in [-0.2, 0) is 9.59 Å². The lowest BCUT2D eigenvalue weighted by molar-refractivity contribution is -0.117. The van der Waals surface area contributed by atoms with E-state index in [9.17, 15) is 20.1 Å². The maximum atomic E-state index is 12.4. The number of nitriles is 2. The summed E-state index contributed by atoms with van der Waals surface area (Å²) < 4.78 is 11.2. The molecule has 0 atom stereocenters. The molecule has 278 valence electrons. The molecule has 0 aliphatic carbocycles. The fourth-order valence-corrected chi connectivity index (χ4v) is 6.82. The molecule has 2 amide bonds.